The standard InChI is InChI=1S/C21H35N3O3/c1-22(20(26)17-5-8-19(25)24(15-17)18-6-7-18)16-21(9-3-2-4-10-21)23-11-13-27-14-12-23/h17-18H,2-16H2,1H3. The van der Waals surface area contributed by atoms with Crippen molar-refractivity contribution in [3.8, 4) is 0 Å². The van der Waals surface area contributed by atoms with Crippen LogP contribution < -0.4 is 0 Å². The first-order valence-electron chi connectivity index (χ1n) is 11.0. The fraction of sp³-hybridized carbons (Fsp3) is 0.905. The summed E-state index contributed by atoms with van der Waals surface area (Å²) in [4.78, 5) is 32.0. The van der Waals surface area contributed by atoms with E-state index >= 15 is 0 Å². The maximum atomic E-state index is 13.2. The van der Waals surface area contributed by atoms with E-state index in [4.69, 9.17) is 4.74 Å². The predicted octanol–water partition coefficient (Wildman–Crippen LogP) is 1.88. The van der Waals surface area contributed by atoms with E-state index in [0.717, 1.165) is 52.1 Å². The van der Waals surface area contributed by atoms with Crippen LogP contribution in [0.15, 0.2) is 0 Å². The van der Waals surface area contributed by atoms with Gasteiger partial charge in [-0.2, -0.15) is 0 Å². The van der Waals surface area contributed by atoms with Crippen molar-refractivity contribution in [2.45, 2.75) is 69.4 Å². The first-order chi connectivity index (χ1) is 13.1. The van der Waals surface area contributed by atoms with Gasteiger partial charge >= 0.3 is 0 Å². The minimum absolute atomic E-state index is 0.0152. The zero-order valence-electron chi connectivity index (χ0n) is 16.8. The summed E-state index contributed by atoms with van der Waals surface area (Å²) in [6, 6.07) is 0.413. The summed E-state index contributed by atoms with van der Waals surface area (Å²) in [5.74, 6) is 0.478. The Kier molecular flexibility index (Phi) is 5.74. The molecule has 1 atom stereocenters. The third kappa shape index (κ3) is 4.16. The molecule has 2 saturated carbocycles. The highest BCUT2D eigenvalue weighted by Crippen LogP contribution is 2.36. The average molecular weight is 378 g/mol. The SMILES string of the molecule is CN(CC1(N2CCOCC2)CCCCC1)C(=O)C1CCC(=O)N(C2CC2)C1. The van der Waals surface area contributed by atoms with Gasteiger partial charge in [0.05, 0.1) is 19.1 Å². The molecule has 0 radical (unpaired) electrons. The molecular formula is C21H35N3O3. The highest BCUT2D eigenvalue weighted by molar-refractivity contribution is 5.84. The van der Waals surface area contributed by atoms with Gasteiger partial charge in [-0.05, 0) is 32.1 Å². The van der Waals surface area contributed by atoms with Crippen molar-refractivity contribution >= 4 is 11.8 Å². The van der Waals surface area contributed by atoms with Gasteiger partial charge < -0.3 is 14.5 Å². The van der Waals surface area contributed by atoms with Crippen LogP contribution in [0.5, 0.6) is 0 Å². The lowest BCUT2D eigenvalue weighted by Gasteiger charge is -2.50. The van der Waals surface area contributed by atoms with Crippen LogP contribution in [-0.4, -0.2) is 84.5 Å². The number of amides is 2. The second-order valence-electron chi connectivity index (χ2n) is 9.09. The number of likely N-dealkylation sites (tertiary alicyclic amines) is 1. The number of nitrogens with zero attached hydrogens (tertiary/aromatic N) is 3. The monoisotopic (exact) mass is 377 g/mol. The molecule has 152 valence electrons. The van der Waals surface area contributed by atoms with Crippen molar-refractivity contribution in [3.63, 3.8) is 0 Å². The third-order valence-electron chi connectivity index (χ3n) is 7.15. The van der Waals surface area contributed by atoms with E-state index in [1.54, 1.807) is 0 Å². The smallest absolute Gasteiger partial charge is 0.227 e. The van der Waals surface area contributed by atoms with Crippen LogP contribution in [0.3, 0.4) is 0 Å². The number of morpholine rings is 1. The van der Waals surface area contributed by atoms with Gasteiger partial charge in [0.15, 0.2) is 0 Å². The molecule has 6 nitrogen and oxygen atoms in total. The van der Waals surface area contributed by atoms with E-state index in [1.165, 1.54) is 32.1 Å². The van der Waals surface area contributed by atoms with Crippen LogP contribution in [0.1, 0.15) is 57.8 Å². The number of carbonyl (C=O) groups is 2. The van der Waals surface area contributed by atoms with Crippen LogP contribution in [0, 0.1) is 5.92 Å². The number of hydrogen-bond acceptors (Lipinski definition) is 4. The zero-order valence-corrected chi connectivity index (χ0v) is 16.8. The highest BCUT2D eigenvalue weighted by Gasteiger charge is 2.43. The molecule has 0 aromatic rings. The minimum atomic E-state index is -0.0152. The van der Waals surface area contributed by atoms with Crippen molar-refractivity contribution in [1.29, 1.82) is 0 Å². The van der Waals surface area contributed by atoms with Crippen LogP contribution in [-0.2, 0) is 14.3 Å². The minimum Gasteiger partial charge on any atom is -0.379 e. The van der Waals surface area contributed by atoms with Gasteiger partial charge in [-0.3, -0.25) is 14.5 Å². The number of hydrogen-bond donors (Lipinski definition) is 0. The van der Waals surface area contributed by atoms with Crippen molar-refractivity contribution < 1.29 is 14.3 Å². The fourth-order valence-corrected chi connectivity index (χ4v) is 5.47. The summed E-state index contributed by atoms with van der Waals surface area (Å²) >= 11 is 0. The number of piperidine rings is 1. The maximum Gasteiger partial charge on any atom is 0.227 e. The molecule has 0 spiro atoms. The Bertz CT molecular complexity index is 551. The van der Waals surface area contributed by atoms with Crippen LogP contribution in [0.4, 0.5) is 0 Å². The molecule has 0 aromatic carbocycles. The molecule has 2 saturated heterocycles. The molecular weight excluding hydrogens is 342 g/mol. The van der Waals surface area contributed by atoms with Crippen LogP contribution in [0.25, 0.3) is 0 Å². The van der Waals surface area contributed by atoms with Crippen LogP contribution in [0.2, 0.25) is 0 Å². The Morgan fingerprint density at radius 1 is 1.15 bits per heavy atom. The van der Waals surface area contributed by atoms with E-state index in [9.17, 15) is 9.59 Å². The van der Waals surface area contributed by atoms with Gasteiger partial charge in [0.2, 0.25) is 11.8 Å². The van der Waals surface area contributed by atoms with Gasteiger partial charge in [0.25, 0.3) is 0 Å². The van der Waals surface area contributed by atoms with Crippen molar-refractivity contribution in [2.75, 3.05) is 46.4 Å². The summed E-state index contributed by atoms with van der Waals surface area (Å²) in [5.41, 5.74) is 0.118. The third-order valence-corrected chi connectivity index (χ3v) is 7.15. The molecule has 4 aliphatic rings. The number of carbonyl (C=O) groups excluding carboxylic acids is 2. The molecule has 4 fully saturated rings. The van der Waals surface area contributed by atoms with Gasteiger partial charge in [0.1, 0.15) is 0 Å². The number of ether oxygens (including phenoxy) is 1. The topological polar surface area (TPSA) is 53.1 Å². The summed E-state index contributed by atoms with van der Waals surface area (Å²) < 4.78 is 5.57. The highest BCUT2D eigenvalue weighted by atomic mass is 16.5. The molecule has 6 heteroatoms. The summed E-state index contributed by atoms with van der Waals surface area (Å²) in [6.45, 7) is 5.03. The lowest BCUT2D eigenvalue weighted by atomic mass is 9.79. The number of rotatable bonds is 5. The number of likely N-dealkylation sites (N-methyl/N-ethyl adjacent to an activating group) is 1. The molecule has 2 aliphatic carbocycles. The van der Waals surface area contributed by atoms with Crippen molar-refractivity contribution in [3.05, 3.63) is 0 Å². The summed E-state index contributed by atoms with van der Waals surface area (Å²) in [5, 5.41) is 0. The largest absolute Gasteiger partial charge is 0.379 e. The van der Waals surface area contributed by atoms with E-state index < -0.39 is 0 Å². The van der Waals surface area contributed by atoms with Gasteiger partial charge in [-0.15, -0.1) is 0 Å². The van der Waals surface area contributed by atoms with Gasteiger partial charge in [-0.25, -0.2) is 0 Å². The molecule has 2 heterocycles. The fourth-order valence-electron chi connectivity index (χ4n) is 5.47. The Labute approximate surface area is 163 Å². The second kappa shape index (κ2) is 8.08. The molecule has 27 heavy (non-hydrogen) atoms. The molecule has 2 amide bonds. The van der Waals surface area contributed by atoms with E-state index in [-0.39, 0.29) is 23.3 Å². The van der Waals surface area contributed by atoms with E-state index in [0.29, 0.717) is 19.0 Å². The first-order valence-corrected chi connectivity index (χ1v) is 11.0. The Hall–Kier alpha value is -1.14. The normalized spacial score (nSPS) is 29.6. The molecule has 1 unspecified atom stereocenters. The molecule has 2 aliphatic heterocycles. The zero-order chi connectivity index (χ0) is 18.9. The maximum absolute atomic E-state index is 13.2. The molecule has 0 aromatic heterocycles. The average Bonchev–Trinajstić information content (AvgIpc) is 3.54. The second-order valence-corrected chi connectivity index (χ2v) is 9.09. The predicted molar refractivity (Wildman–Crippen MR) is 103 cm³/mol. The molecule has 0 N–H and O–H groups in total. The Morgan fingerprint density at radius 3 is 2.52 bits per heavy atom. The first kappa shape index (κ1) is 19.2. The van der Waals surface area contributed by atoms with E-state index in [1.807, 2.05) is 16.8 Å². The molecule has 0 bridgehead atoms. The lowest BCUT2D eigenvalue weighted by molar-refractivity contribution is -0.144. The quantitative estimate of drug-likeness (QED) is 0.734. The van der Waals surface area contributed by atoms with Gasteiger partial charge in [0, 0.05) is 51.2 Å². The summed E-state index contributed by atoms with van der Waals surface area (Å²) in [7, 11) is 1.98. The van der Waals surface area contributed by atoms with Crippen molar-refractivity contribution in [2.24, 2.45) is 5.92 Å². The van der Waals surface area contributed by atoms with E-state index in [2.05, 4.69) is 4.90 Å². The van der Waals surface area contributed by atoms with Crippen LogP contribution >= 0.6 is 0 Å². The Morgan fingerprint density at radius 2 is 1.85 bits per heavy atom. The summed E-state index contributed by atoms with van der Waals surface area (Å²) in [6.07, 6.45) is 9.67. The van der Waals surface area contributed by atoms with Gasteiger partial charge in [-0.1, -0.05) is 19.3 Å². The van der Waals surface area contributed by atoms with Crippen molar-refractivity contribution in [1.82, 2.24) is 14.7 Å². The Balaban J connectivity index is 1.41. The molecule has 4 rings (SSSR count). The lowest BCUT2D eigenvalue weighted by Crippen LogP contribution is -2.60.